The van der Waals surface area contributed by atoms with Crippen LogP contribution in [0.15, 0.2) is 48.8 Å². The van der Waals surface area contributed by atoms with E-state index in [-0.39, 0.29) is 31.6 Å². The van der Waals surface area contributed by atoms with Crippen LogP contribution < -0.4 is 5.73 Å². The lowest BCUT2D eigenvalue weighted by atomic mass is 9.92. The van der Waals surface area contributed by atoms with E-state index >= 15 is 0 Å². The molecular weight excluding hydrogens is 593 g/mol. The summed E-state index contributed by atoms with van der Waals surface area (Å²) in [6, 6.07) is 9.14. The molecule has 0 atom stereocenters. The van der Waals surface area contributed by atoms with Gasteiger partial charge in [0.2, 0.25) is 0 Å². The Labute approximate surface area is 255 Å². The van der Waals surface area contributed by atoms with Crippen molar-refractivity contribution in [3.63, 3.8) is 0 Å². The lowest BCUT2D eigenvalue weighted by Crippen LogP contribution is -2.40. The molecule has 0 spiro atoms. The predicted molar refractivity (Wildman–Crippen MR) is 160 cm³/mol. The molecular formula is C32H32F5N7O. The molecule has 1 fully saturated rings. The second kappa shape index (κ2) is 11.8. The van der Waals surface area contributed by atoms with E-state index in [9.17, 15) is 26.7 Å². The summed E-state index contributed by atoms with van der Waals surface area (Å²) >= 11 is 0. The van der Waals surface area contributed by atoms with Crippen LogP contribution in [-0.2, 0) is 13.0 Å². The number of amides is 1. The highest BCUT2D eigenvalue weighted by Crippen LogP contribution is 2.37. The molecule has 2 aromatic carbocycles. The summed E-state index contributed by atoms with van der Waals surface area (Å²) in [5.41, 5.74) is 9.93. The summed E-state index contributed by atoms with van der Waals surface area (Å²) < 4.78 is 69.6. The van der Waals surface area contributed by atoms with Crippen molar-refractivity contribution in [3.05, 3.63) is 77.2 Å². The molecule has 236 valence electrons. The first-order valence-electron chi connectivity index (χ1n) is 14.8. The number of likely N-dealkylation sites (tertiary alicyclic amines) is 1. The van der Waals surface area contributed by atoms with Gasteiger partial charge in [-0.05, 0) is 60.6 Å². The molecule has 0 radical (unpaired) electrons. The topological polar surface area (TPSA) is 94.9 Å². The number of piperidine rings is 1. The number of nitrogens with zero attached hydrogens (tertiary/aromatic N) is 6. The molecule has 13 heteroatoms. The van der Waals surface area contributed by atoms with Gasteiger partial charge in [-0.2, -0.15) is 23.4 Å². The molecule has 4 heterocycles. The number of carbonyl (C=O) groups excluding carboxylic acids is 1. The van der Waals surface area contributed by atoms with Crippen LogP contribution in [0.5, 0.6) is 0 Å². The van der Waals surface area contributed by atoms with Crippen LogP contribution in [0.2, 0.25) is 0 Å². The van der Waals surface area contributed by atoms with Gasteiger partial charge in [0.15, 0.2) is 17.3 Å². The van der Waals surface area contributed by atoms with Crippen LogP contribution >= 0.6 is 0 Å². The summed E-state index contributed by atoms with van der Waals surface area (Å²) in [4.78, 5) is 19.3. The number of hydrogen-bond acceptors (Lipinski definition) is 5. The van der Waals surface area contributed by atoms with E-state index in [0.717, 1.165) is 23.0 Å². The fraction of sp³-hybridized carbons (Fsp3) is 0.375. The molecule has 5 aromatic rings. The minimum absolute atomic E-state index is 0.153. The second-order valence-electron chi connectivity index (χ2n) is 12.0. The fourth-order valence-electron chi connectivity index (χ4n) is 6.23. The lowest BCUT2D eigenvalue weighted by Gasteiger charge is -2.32. The maximum atomic E-state index is 13.8. The van der Waals surface area contributed by atoms with Gasteiger partial charge in [-0.1, -0.05) is 26.0 Å². The number of halogens is 5. The second-order valence-corrected chi connectivity index (χ2v) is 12.0. The first-order valence-corrected chi connectivity index (χ1v) is 14.8. The molecule has 0 unspecified atom stereocenters. The monoisotopic (exact) mass is 625 g/mol. The van der Waals surface area contributed by atoms with Gasteiger partial charge in [0.1, 0.15) is 0 Å². The van der Waals surface area contributed by atoms with Gasteiger partial charge in [-0.3, -0.25) is 14.4 Å². The van der Waals surface area contributed by atoms with Crippen molar-refractivity contribution in [3.8, 4) is 11.1 Å². The highest BCUT2D eigenvalue weighted by atomic mass is 19.4. The van der Waals surface area contributed by atoms with Crippen LogP contribution in [0.25, 0.3) is 33.1 Å². The standard InChI is InChI=1S/C32H32F5N7O/c1-18(2)11-26-29(30(38)45)28(23-15-40-44(31(23)41-26)22-7-9-42(10-8-22)17-32(35,36)37)20-4-6-27-21(13-20)14-39-43(27)16-19-3-5-24(33)25(34)12-19/h3-6,12-15,18,22H,7-11,16-17H2,1-2H3,(H2,38,45). The molecule has 1 amide bonds. The van der Waals surface area contributed by atoms with E-state index in [2.05, 4.69) is 10.2 Å². The van der Waals surface area contributed by atoms with Gasteiger partial charge in [0, 0.05) is 29.4 Å². The number of nitrogens with two attached hydrogens (primary N) is 1. The normalized spacial score (nSPS) is 15.1. The number of primary amides is 1. The van der Waals surface area contributed by atoms with Crippen molar-refractivity contribution in [1.29, 1.82) is 0 Å². The molecule has 1 aliphatic heterocycles. The van der Waals surface area contributed by atoms with Gasteiger partial charge in [-0.25, -0.2) is 18.4 Å². The van der Waals surface area contributed by atoms with Gasteiger partial charge >= 0.3 is 6.18 Å². The van der Waals surface area contributed by atoms with Crippen molar-refractivity contribution >= 4 is 27.8 Å². The van der Waals surface area contributed by atoms with Gasteiger partial charge in [0.25, 0.3) is 5.91 Å². The summed E-state index contributed by atoms with van der Waals surface area (Å²) in [7, 11) is 0. The average Bonchev–Trinajstić information content (AvgIpc) is 3.57. The van der Waals surface area contributed by atoms with Crippen LogP contribution in [-0.4, -0.2) is 61.2 Å². The molecule has 8 nitrogen and oxygen atoms in total. The average molecular weight is 626 g/mol. The molecule has 2 N–H and O–H groups in total. The number of aromatic nitrogens is 5. The highest BCUT2D eigenvalue weighted by molar-refractivity contribution is 6.09. The first-order chi connectivity index (χ1) is 21.4. The summed E-state index contributed by atoms with van der Waals surface area (Å²) in [5.74, 6) is -2.33. The molecule has 0 aliphatic carbocycles. The number of carbonyl (C=O) groups is 1. The van der Waals surface area contributed by atoms with Crippen molar-refractivity contribution in [1.82, 2.24) is 29.4 Å². The lowest BCUT2D eigenvalue weighted by molar-refractivity contribution is -0.148. The Balaban J connectivity index is 1.42. The number of rotatable bonds is 8. The Kier molecular flexibility index (Phi) is 8.06. The summed E-state index contributed by atoms with van der Waals surface area (Å²) in [6.45, 7) is 3.86. The Hall–Kier alpha value is -4.39. The number of pyridine rings is 1. The van der Waals surface area contributed by atoms with Crippen LogP contribution in [0.1, 0.15) is 54.3 Å². The Morgan fingerprint density at radius 2 is 1.78 bits per heavy atom. The van der Waals surface area contributed by atoms with Gasteiger partial charge < -0.3 is 5.73 Å². The highest BCUT2D eigenvalue weighted by Gasteiger charge is 2.34. The van der Waals surface area contributed by atoms with Gasteiger partial charge in [-0.15, -0.1) is 0 Å². The first kappa shape index (κ1) is 30.6. The smallest absolute Gasteiger partial charge is 0.366 e. The maximum absolute atomic E-state index is 13.8. The predicted octanol–water partition coefficient (Wildman–Crippen LogP) is 6.27. The minimum Gasteiger partial charge on any atom is -0.366 e. The van der Waals surface area contributed by atoms with Gasteiger partial charge in [0.05, 0.1) is 48.3 Å². The fourth-order valence-corrected chi connectivity index (χ4v) is 6.23. The van der Waals surface area contributed by atoms with Crippen LogP contribution in [0.3, 0.4) is 0 Å². The zero-order valence-electron chi connectivity index (χ0n) is 24.8. The number of hydrogen-bond donors (Lipinski definition) is 1. The van der Waals surface area contributed by atoms with Crippen LogP contribution in [0, 0.1) is 17.6 Å². The van der Waals surface area contributed by atoms with E-state index in [4.69, 9.17) is 10.7 Å². The van der Waals surface area contributed by atoms with E-state index < -0.39 is 30.3 Å². The third kappa shape index (κ3) is 6.26. The number of fused-ring (bicyclic) bond motifs is 2. The van der Waals surface area contributed by atoms with E-state index in [1.165, 1.54) is 11.0 Å². The Morgan fingerprint density at radius 1 is 1.02 bits per heavy atom. The molecule has 6 rings (SSSR count). The molecule has 45 heavy (non-hydrogen) atoms. The number of alkyl halides is 3. The van der Waals surface area contributed by atoms with E-state index in [0.29, 0.717) is 58.2 Å². The van der Waals surface area contributed by atoms with E-state index in [1.54, 1.807) is 21.8 Å². The zero-order valence-corrected chi connectivity index (χ0v) is 24.8. The summed E-state index contributed by atoms with van der Waals surface area (Å²) in [5, 5.41) is 10.5. The van der Waals surface area contributed by atoms with E-state index in [1.807, 2.05) is 32.0 Å². The van der Waals surface area contributed by atoms with Crippen LogP contribution in [0.4, 0.5) is 22.0 Å². The SMILES string of the molecule is CC(C)Cc1nc2c(cnn2C2CCN(CC(F)(F)F)CC2)c(-c2ccc3c(cnn3Cc3ccc(F)c(F)c3)c2)c1C(N)=O. The third-order valence-electron chi connectivity index (χ3n) is 8.22. The van der Waals surface area contributed by atoms with Crippen molar-refractivity contribution < 1.29 is 26.7 Å². The Bertz CT molecular complexity index is 1890. The van der Waals surface area contributed by atoms with Crippen molar-refractivity contribution in [2.24, 2.45) is 11.7 Å². The quantitative estimate of drug-likeness (QED) is 0.205. The molecule has 3 aromatic heterocycles. The molecule has 1 aliphatic rings. The summed E-state index contributed by atoms with van der Waals surface area (Å²) in [6.07, 6.45) is 0.476. The zero-order chi connectivity index (χ0) is 32.0. The van der Waals surface area contributed by atoms with Crippen molar-refractivity contribution in [2.45, 2.75) is 51.9 Å². The minimum atomic E-state index is -4.25. The van der Waals surface area contributed by atoms with Crippen molar-refractivity contribution in [2.75, 3.05) is 19.6 Å². The number of benzene rings is 2. The largest absolute Gasteiger partial charge is 0.401 e. The maximum Gasteiger partial charge on any atom is 0.401 e. The molecule has 0 saturated carbocycles. The Morgan fingerprint density at radius 3 is 2.44 bits per heavy atom. The third-order valence-corrected chi connectivity index (χ3v) is 8.22. The molecule has 1 saturated heterocycles. The molecule has 0 bridgehead atoms.